The first-order valence-corrected chi connectivity index (χ1v) is 7.05. The van der Waals surface area contributed by atoms with Gasteiger partial charge in [0.2, 0.25) is 0 Å². The molecule has 2 nitrogen and oxygen atoms in total. The van der Waals surface area contributed by atoms with E-state index in [0.29, 0.717) is 5.88 Å². The highest BCUT2D eigenvalue weighted by atomic mass is 35.5. The summed E-state index contributed by atoms with van der Waals surface area (Å²) < 4.78 is 0. The highest BCUT2D eigenvalue weighted by Gasteiger charge is 2.13. The van der Waals surface area contributed by atoms with Crippen molar-refractivity contribution in [1.29, 1.82) is 0 Å². The van der Waals surface area contributed by atoms with Crippen LogP contribution in [0.5, 0.6) is 0 Å². The third kappa shape index (κ3) is 2.90. The molecule has 0 aliphatic heterocycles. The zero-order valence-corrected chi connectivity index (χ0v) is 12.4. The maximum atomic E-state index is 5.85. The fourth-order valence-corrected chi connectivity index (χ4v) is 2.43. The van der Waals surface area contributed by atoms with E-state index in [1.165, 1.54) is 11.3 Å². The SMILES string of the molecule is CCN(c1ccccc1C)c1ncc(CCl)cc1C. The number of alkyl halides is 1. The van der Waals surface area contributed by atoms with Gasteiger partial charge in [-0.25, -0.2) is 4.98 Å². The topological polar surface area (TPSA) is 16.1 Å². The molecule has 3 heteroatoms. The number of hydrogen-bond acceptors (Lipinski definition) is 2. The second-order valence-electron chi connectivity index (χ2n) is 4.65. The summed E-state index contributed by atoms with van der Waals surface area (Å²) in [6, 6.07) is 10.5. The van der Waals surface area contributed by atoms with Gasteiger partial charge in [0.1, 0.15) is 5.82 Å². The number of pyridine rings is 1. The van der Waals surface area contributed by atoms with Gasteiger partial charge in [0, 0.05) is 24.3 Å². The van der Waals surface area contributed by atoms with E-state index in [1.807, 2.05) is 6.20 Å². The van der Waals surface area contributed by atoms with Crippen molar-refractivity contribution in [2.24, 2.45) is 0 Å². The van der Waals surface area contributed by atoms with Crippen molar-refractivity contribution >= 4 is 23.1 Å². The van der Waals surface area contributed by atoms with E-state index in [9.17, 15) is 0 Å². The number of aromatic nitrogens is 1. The number of rotatable bonds is 4. The van der Waals surface area contributed by atoms with Crippen LogP contribution in [0.4, 0.5) is 11.5 Å². The lowest BCUT2D eigenvalue weighted by atomic mass is 10.1. The molecule has 0 aliphatic carbocycles. The van der Waals surface area contributed by atoms with Gasteiger partial charge in [0.15, 0.2) is 0 Å². The van der Waals surface area contributed by atoms with Crippen molar-refractivity contribution in [2.75, 3.05) is 11.4 Å². The lowest BCUT2D eigenvalue weighted by Gasteiger charge is -2.25. The summed E-state index contributed by atoms with van der Waals surface area (Å²) in [6.45, 7) is 7.24. The average molecular weight is 275 g/mol. The Bertz CT molecular complexity index is 566. The molecule has 2 aromatic rings. The van der Waals surface area contributed by atoms with Gasteiger partial charge in [0.25, 0.3) is 0 Å². The predicted molar refractivity (Wildman–Crippen MR) is 82.4 cm³/mol. The third-order valence-electron chi connectivity index (χ3n) is 3.24. The summed E-state index contributed by atoms with van der Waals surface area (Å²) in [5.41, 5.74) is 4.68. The molecular weight excluding hydrogens is 256 g/mol. The molecule has 0 bridgehead atoms. The van der Waals surface area contributed by atoms with Crippen LogP contribution in [-0.4, -0.2) is 11.5 Å². The van der Waals surface area contributed by atoms with Crippen LogP contribution < -0.4 is 4.90 Å². The molecule has 19 heavy (non-hydrogen) atoms. The molecule has 0 aliphatic rings. The smallest absolute Gasteiger partial charge is 0.135 e. The molecule has 2 rings (SSSR count). The molecule has 1 heterocycles. The Labute approximate surface area is 120 Å². The lowest BCUT2D eigenvalue weighted by molar-refractivity contribution is 0.968. The zero-order chi connectivity index (χ0) is 13.8. The van der Waals surface area contributed by atoms with Gasteiger partial charge in [0.05, 0.1) is 0 Å². The summed E-state index contributed by atoms with van der Waals surface area (Å²) in [7, 11) is 0. The van der Waals surface area contributed by atoms with Gasteiger partial charge < -0.3 is 4.90 Å². The normalized spacial score (nSPS) is 10.5. The largest absolute Gasteiger partial charge is 0.326 e. The van der Waals surface area contributed by atoms with E-state index in [4.69, 9.17) is 11.6 Å². The van der Waals surface area contributed by atoms with Crippen LogP contribution in [0.3, 0.4) is 0 Å². The van der Waals surface area contributed by atoms with Crippen molar-refractivity contribution in [3.05, 3.63) is 53.2 Å². The van der Waals surface area contributed by atoms with Gasteiger partial charge in [-0.3, -0.25) is 0 Å². The molecule has 0 amide bonds. The minimum Gasteiger partial charge on any atom is -0.326 e. The molecule has 0 saturated carbocycles. The molecule has 1 aromatic heterocycles. The van der Waals surface area contributed by atoms with Gasteiger partial charge in [-0.15, -0.1) is 11.6 Å². The molecule has 0 unspecified atom stereocenters. The molecule has 0 atom stereocenters. The molecule has 100 valence electrons. The second kappa shape index (κ2) is 6.07. The quantitative estimate of drug-likeness (QED) is 0.758. The summed E-state index contributed by atoms with van der Waals surface area (Å²) in [4.78, 5) is 6.82. The Kier molecular flexibility index (Phi) is 4.43. The Morgan fingerprint density at radius 2 is 1.89 bits per heavy atom. The van der Waals surface area contributed by atoms with Gasteiger partial charge in [-0.05, 0) is 49.6 Å². The number of benzene rings is 1. The summed E-state index contributed by atoms with van der Waals surface area (Å²) in [5, 5.41) is 0. The Balaban J connectivity index is 2.46. The number of anilines is 2. The number of nitrogens with zero attached hydrogens (tertiary/aromatic N) is 2. The Morgan fingerprint density at radius 1 is 1.16 bits per heavy atom. The first kappa shape index (κ1) is 13.9. The minimum absolute atomic E-state index is 0.505. The molecule has 0 fully saturated rings. The molecule has 1 aromatic carbocycles. The molecular formula is C16H19ClN2. The fraction of sp³-hybridized carbons (Fsp3) is 0.312. The Hall–Kier alpha value is -1.54. The second-order valence-corrected chi connectivity index (χ2v) is 4.92. The average Bonchev–Trinajstić information content (AvgIpc) is 2.43. The van der Waals surface area contributed by atoms with Crippen LogP contribution in [0.15, 0.2) is 36.5 Å². The van der Waals surface area contributed by atoms with Crippen LogP contribution in [0.2, 0.25) is 0 Å². The minimum atomic E-state index is 0.505. The maximum absolute atomic E-state index is 5.85. The van der Waals surface area contributed by atoms with E-state index in [0.717, 1.165) is 23.5 Å². The maximum Gasteiger partial charge on any atom is 0.135 e. The van der Waals surface area contributed by atoms with E-state index in [2.05, 4.69) is 61.0 Å². The monoisotopic (exact) mass is 274 g/mol. The Morgan fingerprint density at radius 3 is 2.47 bits per heavy atom. The van der Waals surface area contributed by atoms with Crippen molar-refractivity contribution in [3.63, 3.8) is 0 Å². The van der Waals surface area contributed by atoms with Crippen molar-refractivity contribution in [3.8, 4) is 0 Å². The lowest BCUT2D eigenvalue weighted by Crippen LogP contribution is -2.19. The first-order valence-electron chi connectivity index (χ1n) is 6.52. The van der Waals surface area contributed by atoms with E-state index >= 15 is 0 Å². The van der Waals surface area contributed by atoms with Crippen molar-refractivity contribution < 1.29 is 0 Å². The fourth-order valence-electron chi connectivity index (χ4n) is 2.28. The van der Waals surface area contributed by atoms with Gasteiger partial charge in [-0.2, -0.15) is 0 Å². The number of halogens is 1. The molecule has 0 spiro atoms. The van der Waals surface area contributed by atoms with Crippen LogP contribution in [0, 0.1) is 13.8 Å². The third-order valence-corrected chi connectivity index (χ3v) is 3.55. The summed E-state index contributed by atoms with van der Waals surface area (Å²) in [6.07, 6.45) is 1.86. The standard InChI is InChI=1S/C16H19ClN2/c1-4-19(15-8-6-5-7-12(15)2)16-13(3)9-14(10-17)11-18-16/h5-9,11H,4,10H2,1-3H3. The van der Waals surface area contributed by atoms with Crippen LogP contribution in [0.25, 0.3) is 0 Å². The highest BCUT2D eigenvalue weighted by molar-refractivity contribution is 6.17. The molecule has 0 radical (unpaired) electrons. The van der Waals surface area contributed by atoms with E-state index in [-0.39, 0.29) is 0 Å². The van der Waals surface area contributed by atoms with Gasteiger partial charge in [-0.1, -0.05) is 18.2 Å². The molecule has 0 saturated heterocycles. The first-order chi connectivity index (χ1) is 9.17. The predicted octanol–water partition coefficient (Wildman–Crippen LogP) is 4.60. The summed E-state index contributed by atoms with van der Waals surface area (Å²) in [5.74, 6) is 1.51. The van der Waals surface area contributed by atoms with E-state index < -0.39 is 0 Å². The van der Waals surface area contributed by atoms with E-state index in [1.54, 1.807) is 0 Å². The van der Waals surface area contributed by atoms with Gasteiger partial charge >= 0.3 is 0 Å². The van der Waals surface area contributed by atoms with Crippen LogP contribution in [-0.2, 0) is 5.88 Å². The highest BCUT2D eigenvalue weighted by Crippen LogP contribution is 2.29. The van der Waals surface area contributed by atoms with Crippen molar-refractivity contribution in [1.82, 2.24) is 4.98 Å². The van der Waals surface area contributed by atoms with Crippen molar-refractivity contribution in [2.45, 2.75) is 26.7 Å². The summed E-state index contributed by atoms with van der Waals surface area (Å²) >= 11 is 5.85. The number of hydrogen-bond donors (Lipinski definition) is 0. The molecule has 0 N–H and O–H groups in total. The number of aryl methyl sites for hydroxylation is 2. The van der Waals surface area contributed by atoms with Crippen LogP contribution in [0.1, 0.15) is 23.6 Å². The van der Waals surface area contributed by atoms with Crippen LogP contribution >= 0.6 is 11.6 Å². The zero-order valence-electron chi connectivity index (χ0n) is 11.7. The number of para-hydroxylation sites is 1.